The molecule has 0 spiro atoms. The molecule has 0 saturated carbocycles. The summed E-state index contributed by atoms with van der Waals surface area (Å²) in [5.74, 6) is 1.08. The van der Waals surface area contributed by atoms with Gasteiger partial charge in [0, 0.05) is 19.2 Å². The molecule has 1 aliphatic heterocycles. The first kappa shape index (κ1) is 10.9. The lowest BCUT2D eigenvalue weighted by atomic mass is 10.2. The number of carbonyl (C=O) groups excluding carboxylic acids is 1. The van der Waals surface area contributed by atoms with Crippen molar-refractivity contribution in [2.45, 2.75) is 25.9 Å². The molecule has 2 amide bonds. The van der Waals surface area contributed by atoms with E-state index in [-0.39, 0.29) is 12.1 Å². The van der Waals surface area contributed by atoms with E-state index in [1.807, 2.05) is 0 Å². The Morgan fingerprint density at radius 1 is 1.69 bits per heavy atom. The fraction of sp³-hybridized carbons (Fsp3) is 0.600. The summed E-state index contributed by atoms with van der Waals surface area (Å²) in [5.41, 5.74) is 0. The van der Waals surface area contributed by atoms with Crippen LogP contribution in [0.1, 0.15) is 18.6 Å². The highest BCUT2D eigenvalue weighted by Gasteiger charge is 2.16. The number of hydrogen-bond acceptors (Lipinski definition) is 4. The van der Waals surface area contributed by atoms with E-state index in [1.165, 1.54) is 0 Å². The summed E-state index contributed by atoms with van der Waals surface area (Å²) < 4.78 is 10.2. The molecule has 0 aromatic carbocycles. The molecule has 88 valence electrons. The maximum Gasteiger partial charge on any atom is 0.320 e. The third kappa shape index (κ3) is 2.96. The van der Waals surface area contributed by atoms with Crippen LogP contribution in [0.3, 0.4) is 0 Å². The van der Waals surface area contributed by atoms with Crippen molar-refractivity contribution in [2.75, 3.05) is 18.5 Å². The van der Waals surface area contributed by atoms with E-state index in [0.717, 1.165) is 19.4 Å². The van der Waals surface area contributed by atoms with Crippen molar-refractivity contribution >= 4 is 11.8 Å². The second-order valence-electron chi connectivity index (χ2n) is 3.79. The van der Waals surface area contributed by atoms with Gasteiger partial charge in [0.15, 0.2) is 5.82 Å². The number of ether oxygens (including phenoxy) is 1. The zero-order valence-electron chi connectivity index (χ0n) is 9.16. The summed E-state index contributed by atoms with van der Waals surface area (Å²) in [4.78, 5) is 11.4. The molecule has 1 fully saturated rings. The highest BCUT2D eigenvalue weighted by Crippen LogP contribution is 2.10. The van der Waals surface area contributed by atoms with E-state index in [2.05, 4.69) is 15.8 Å². The Balaban J connectivity index is 1.71. The van der Waals surface area contributed by atoms with E-state index in [9.17, 15) is 4.79 Å². The highest BCUT2D eigenvalue weighted by molar-refractivity contribution is 5.88. The summed E-state index contributed by atoms with van der Waals surface area (Å²) in [6.07, 6.45) is 2.21. The number of carbonyl (C=O) groups is 1. The average molecular weight is 225 g/mol. The number of aromatic nitrogens is 1. The van der Waals surface area contributed by atoms with Crippen molar-refractivity contribution < 1.29 is 14.1 Å². The number of nitrogens with one attached hydrogen (secondary N) is 2. The minimum Gasteiger partial charge on any atom is -0.376 e. The Bertz CT molecular complexity index is 358. The zero-order valence-corrected chi connectivity index (χ0v) is 9.16. The smallest absolute Gasteiger partial charge is 0.320 e. The average Bonchev–Trinajstić information content (AvgIpc) is 2.87. The van der Waals surface area contributed by atoms with Crippen LogP contribution in [0.15, 0.2) is 10.6 Å². The molecule has 1 aromatic heterocycles. The Kier molecular flexibility index (Phi) is 3.40. The van der Waals surface area contributed by atoms with Crippen molar-refractivity contribution in [3.8, 4) is 0 Å². The molecule has 6 heteroatoms. The maximum absolute atomic E-state index is 11.4. The first-order chi connectivity index (χ1) is 7.74. The molecule has 1 aliphatic rings. The normalized spacial score (nSPS) is 19.7. The van der Waals surface area contributed by atoms with Gasteiger partial charge in [0.1, 0.15) is 5.76 Å². The van der Waals surface area contributed by atoms with E-state index >= 15 is 0 Å². The van der Waals surface area contributed by atoms with Gasteiger partial charge in [-0.15, -0.1) is 0 Å². The van der Waals surface area contributed by atoms with Crippen LogP contribution in [0.5, 0.6) is 0 Å². The van der Waals surface area contributed by atoms with Crippen LogP contribution in [0.2, 0.25) is 0 Å². The largest absolute Gasteiger partial charge is 0.376 e. The van der Waals surface area contributed by atoms with Crippen LogP contribution >= 0.6 is 0 Å². The van der Waals surface area contributed by atoms with Crippen molar-refractivity contribution in [1.29, 1.82) is 0 Å². The monoisotopic (exact) mass is 225 g/mol. The van der Waals surface area contributed by atoms with E-state index < -0.39 is 0 Å². The third-order valence-electron chi connectivity index (χ3n) is 2.38. The quantitative estimate of drug-likeness (QED) is 0.812. The third-order valence-corrected chi connectivity index (χ3v) is 2.38. The lowest BCUT2D eigenvalue weighted by Gasteiger charge is -2.10. The molecule has 0 unspecified atom stereocenters. The number of nitrogens with zero attached hydrogens (tertiary/aromatic N) is 1. The maximum atomic E-state index is 11.4. The number of anilines is 1. The van der Waals surface area contributed by atoms with Crippen molar-refractivity contribution in [3.63, 3.8) is 0 Å². The molecule has 0 radical (unpaired) electrons. The Hall–Kier alpha value is -1.56. The molecule has 2 N–H and O–H groups in total. The highest BCUT2D eigenvalue weighted by atomic mass is 16.5. The molecule has 1 atom stereocenters. The Morgan fingerprint density at radius 2 is 2.56 bits per heavy atom. The summed E-state index contributed by atoms with van der Waals surface area (Å²) in [6, 6.07) is 1.37. The lowest BCUT2D eigenvalue weighted by Crippen LogP contribution is -2.35. The van der Waals surface area contributed by atoms with Crippen LogP contribution in [0.25, 0.3) is 0 Å². The molecule has 16 heavy (non-hydrogen) atoms. The summed E-state index contributed by atoms with van der Waals surface area (Å²) >= 11 is 0. The Morgan fingerprint density at radius 3 is 3.19 bits per heavy atom. The van der Waals surface area contributed by atoms with Crippen LogP contribution in [0.4, 0.5) is 10.6 Å². The standard InChI is InChI=1S/C10H15N3O3/c1-7-5-9(13-16-7)12-10(14)11-6-8-3-2-4-15-8/h5,8H,2-4,6H2,1H3,(H2,11,12,13,14)/t8-/m1/s1. The topological polar surface area (TPSA) is 76.4 Å². The number of aryl methyl sites for hydroxylation is 1. The number of amides is 2. The summed E-state index contributed by atoms with van der Waals surface area (Å²) in [7, 11) is 0. The predicted molar refractivity (Wildman–Crippen MR) is 57.2 cm³/mol. The fourth-order valence-corrected chi connectivity index (χ4v) is 1.60. The molecule has 2 rings (SSSR count). The summed E-state index contributed by atoms with van der Waals surface area (Å²) in [6.45, 7) is 3.08. The van der Waals surface area contributed by atoms with Gasteiger partial charge in [-0.25, -0.2) is 4.79 Å². The first-order valence-corrected chi connectivity index (χ1v) is 5.34. The van der Waals surface area contributed by atoms with Gasteiger partial charge >= 0.3 is 6.03 Å². The second-order valence-corrected chi connectivity index (χ2v) is 3.79. The van der Waals surface area contributed by atoms with Crippen LogP contribution in [-0.4, -0.2) is 30.4 Å². The van der Waals surface area contributed by atoms with Gasteiger partial charge in [0.25, 0.3) is 0 Å². The van der Waals surface area contributed by atoms with E-state index in [4.69, 9.17) is 9.26 Å². The molecule has 2 heterocycles. The minimum atomic E-state index is -0.288. The number of rotatable bonds is 3. The van der Waals surface area contributed by atoms with Crippen molar-refractivity contribution in [3.05, 3.63) is 11.8 Å². The van der Waals surface area contributed by atoms with E-state index in [1.54, 1.807) is 13.0 Å². The van der Waals surface area contributed by atoms with Gasteiger partial charge in [-0.1, -0.05) is 5.16 Å². The Labute approximate surface area is 93.3 Å². The minimum absolute atomic E-state index is 0.143. The van der Waals surface area contributed by atoms with Crippen molar-refractivity contribution in [1.82, 2.24) is 10.5 Å². The molecular weight excluding hydrogens is 210 g/mol. The SMILES string of the molecule is Cc1cc(NC(=O)NC[C@H]2CCCO2)no1. The summed E-state index contributed by atoms with van der Waals surface area (Å²) in [5, 5.41) is 8.96. The van der Waals surface area contributed by atoms with Crippen LogP contribution in [-0.2, 0) is 4.74 Å². The number of hydrogen-bond donors (Lipinski definition) is 2. The second kappa shape index (κ2) is 4.98. The van der Waals surface area contributed by atoms with E-state index in [0.29, 0.717) is 18.1 Å². The van der Waals surface area contributed by atoms with Gasteiger partial charge in [-0.3, -0.25) is 5.32 Å². The first-order valence-electron chi connectivity index (χ1n) is 5.34. The van der Waals surface area contributed by atoms with Crippen LogP contribution in [0, 0.1) is 6.92 Å². The van der Waals surface area contributed by atoms with Gasteiger partial charge in [0.2, 0.25) is 0 Å². The molecule has 6 nitrogen and oxygen atoms in total. The molecular formula is C10H15N3O3. The number of urea groups is 1. The van der Waals surface area contributed by atoms with Gasteiger partial charge in [0.05, 0.1) is 6.10 Å². The van der Waals surface area contributed by atoms with Gasteiger partial charge in [-0.05, 0) is 19.8 Å². The molecule has 1 aromatic rings. The lowest BCUT2D eigenvalue weighted by molar-refractivity contribution is 0.112. The zero-order chi connectivity index (χ0) is 11.4. The van der Waals surface area contributed by atoms with Crippen LogP contribution < -0.4 is 10.6 Å². The fourth-order valence-electron chi connectivity index (χ4n) is 1.60. The van der Waals surface area contributed by atoms with Crippen molar-refractivity contribution in [2.24, 2.45) is 0 Å². The predicted octanol–water partition coefficient (Wildman–Crippen LogP) is 1.28. The van der Waals surface area contributed by atoms with Gasteiger partial charge < -0.3 is 14.6 Å². The molecule has 0 aliphatic carbocycles. The molecule has 1 saturated heterocycles. The van der Waals surface area contributed by atoms with Gasteiger partial charge in [-0.2, -0.15) is 0 Å². The molecule has 0 bridgehead atoms.